The second-order valence-electron chi connectivity index (χ2n) is 4.55. The molecule has 6 nitrogen and oxygen atoms in total. The number of nitrogens with zero attached hydrogens (tertiary/aromatic N) is 2. The van der Waals surface area contributed by atoms with Crippen molar-refractivity contribution >= 4 is 0 Å². The van der Waals surface area contributed by atoms with Gasteiger partial charge in [0, 0.05) is 6.42 Å². The maximum Gasteiger partial charge on any atom is 0.243 e. The van der Waals surface area contributed by atoms with Crippen LogP contribution in [0.15, 0.2) is 35.4 Å². The van der Waals surface area contributed by atoms with Crippen LogP contribution >= 0.6 is 0 Å². The molecule has 2 N–H and O–H groups in total. The number of methoxy groups -OCH3 is 2. The minimum atomic E-state index is -0.311. The van der Waals surface area contributed by atoms with E-state index in [1.54, 1.807) is 20.3 Å². The molecule has 1 heterocycles. The van der Waals surface area contributed by atoms with E-state index < -0.39 is 0 Å². The molecule has 1 unspecified atom stereocenters. The van der Waals surface area contributed by atoms with Crippen molar-refractivity contribution in [2.45, 2.75) is 18.9 Å². The summed E-state index contributed by atoms with van der Waals surface area (Å²) in [6.45, 7) is 3.64. The second kappa shape index (κ2) is 6.90. The third-order valence-corrected chi connectivity index (χ3v) is 3.03. The van der Waals surface area contributed by atoms with Gasteiger partial charge in [-0.25, -0.2) is 0 Å². The molecule has 0 bridgehead atoms. The van der Waals surface area contributed by atoms with Gasteiger partial charge in [-0.15, -0.1) is 6.58 Å². The molecule has 6 heteroatoms. The van der Waals surface area contributed by atoms with E-state index in [1.807, 2.05) is 18.2 Å². The molecule has 1 atom stereocenters. The van der Waals surface area contributed by atoms with Crippen molar-refractivity contribution in [3.8, 4) is 11.5 Å². The van der Waals surface area contributed by atoms with Crippen molar-refractivity contribution in [1.29, 1.82) is 0 Å². The van der Waals surface area contributed by atoms with Crippen molar-refractivity contribution in [2.75, 3.05) is 14.2 Å². The van der Waals surface area contributed by atoms with Crippen molar-refractivity contribution < 1.29 is 14.0 Å². The van der Waals surface area contributed by atoms with Crippen LogP contribution < -0.4 is 15.2 Å². The molecule has 2 aromatic rings. The summed E-state index contributed by atoms with van der Waals surface area (Å²) in [7, 11) is 3.20. The average molecular weight is 289 g/mol. The second-order valence-corrected chi connectivity index (χ2v) is 4.55. The Morgan fingerprint density at radius 1 is 1.33 bits per heavy atom. The van der Waals surface area contributed by atoms with E-state index in [2.05, 4.69) is 16.7 Å². The van der Waals surface area contributed by atoms with Crippen LogP contribution in [0.2, 0.25) is 0 Å². The lowest BCUT2D eigenvalue weighted by Crippen LogP contribution is -2.09. The third kappa shape index (κ3) is 3.61. The van der Waals surface area contributed by atoms with Crippen LogP contribution in [-0.4, -0.2) is 24.4 Å². The molecule has 0 saturated heterocycles. The van der Waals surface area contributed by atoms with Gasteiger partial charge in [-0.1, -0.05) is 17.3 Å². The van der Waals surface area contributed by atoms with Crippen LogP contribution in [0.3, 0.4) is 0 Å². The van der Waals surface area contributed by atoms with E-state index in [0.29, 0.717) is 36.1 Å². The van der Waals surface area contributed by atoms with E-state index in [9.17, 15) is 0 Å². The minimum Gasteiger partial charge on any atom is -0.493 e. The summed E-state index contributed by atoms with van der Waals surface area (Å²) in [6, 6.07) is 5.35. The molecule has 2 rings (SSSR count). The van der Waals surface area contributed by atoms with E-state index in [0.717, 1.165) is 5.56 Å². The molecule has 0 aliphatic carbocycles. The first-order valence-electron chi connectivity index (χ1n) is 6.57. The van der Waals surface area contributed by atoms with Gasteiger partial charge >= 0.3 is 0 Å². The molecule has 112 valence electrons. The van der Waals surface area contributed by atoms with Crippen LogP contribution in [0.5, 0.6) is 11.5 Å². The van der Waals surface area contributed by atoms with Gasteiger partial charge in [-0.3, -0.25) is 0 Å². The molecule has 1 aromatic heterocycles. The Morgan fingerprint density at radius 2 is 2.10 bits per heavy atom. The highest BCUT2D eigenvalue weighted by atomic mass is 16.5. The zero-order valence-electron chi connectivity index (χ0n) is 12.2. The van der Waals surface area contributed by atoms with Gasteiger partial charge in [0.15, 0.2) is 17.3 Å². The smallest absolute Gasteiger partial charge is 0.243 e. The number of rotatable bonds is 7. The Bertz CT molecular complexity index is 610. The molecule has 0 spiro atoms. The van der Waals surface area contributed by atoms with Crippen LogP contribution in [0, 0.1) is 0 Å². The van der Waals surface area contributed by atoms with Crippen LogP contribution in [0.1, 0.15) is 29.7 Å². The first-order chi connectivity index (χ1) is 10.2. The van der Waals surface area contributed by atoms with Gasteiger partial charge in [0.25, 0.3) is 0 Å². The Labute approximate surface area is 123 Å². The number of aromatic nitrogens is 2. The molecular weight excluding hydrogens is 270 g/mol. The molecule has 21 heavy (non-hydrogen) atoms. The molecule has 0 amide bonds. The van der Waals surface area contributed by atoms with Gasteiger partial charge in [0.05, 0.1) is 20.3 Å². The summed E-state index contributed by atoms with van der Waals surface area (Å²) in [6.07, 6.45) is 2.85. The number of hydrogen-bond donors (Lipinski definition) is 1. The minimum absolute atomic E-state index is 0.311. The largest absolute Gasteiger partial charge is 0.493 e. The number of benzene rings is 1. The lowest BCUT2D eigenvalue weighted by Gasteiger charge is -2.08. The summed E-state index contributed by atoms with van der Waals surface area (Å²) < 4.78 is 15.6. The van der Waals surface area contributed by atoms with Crippen molar-refractivity contribution in [1.82, 2.24) is 10.1 Å². The van der Waals surface area contributed by atoms with E-state index in [1.165, 1.54) is 0 Å². The van der Waals surface area contributed by atoms with Gasteiger partial charge < -0.3 is 19.7 Å². The van der Waals surface area contributed by atoms with Crippen molar-refractivity contribution in [2.24, 2.45) is 5.73 Å². The Kier molecular flexibility index (Phi) is 4.94. The molecule has 0 aliphatic rings. The fourth-order valence-electron chi connectivity index (χ4n) is 1.94. The number of hydrogen-bond acceptors (Lipinski definition) is 6. The highest BCUT2D eigenvalue weighted by molar-refractivity contribution is 5.43. The monoisotopic (exact) mass is 289 g/mol. The van der Waals surface area contributed by atoms with Crippen LogP contribution in [0.25, 0.3) is 0 Å². The summed E-state index contributed by atoms with van der Waals surface area (Å²) in [5, 5.41) is 3.94. The van der Waals surface area contributed by atoms with Gasteiger partial charge in [0.1, 0.15) is 0 Å². The maximum atomic E-state index is 5.89. The Hall–Kier alpha value is -2.34. The summed E-state index contributed by atoms with van der Waals surface area (Å²) in [4.78, 5) is 4.30. The molecule has 0 radical (unpaired) electrons. The number of ether oxygens (including phenoxy) is 2. The standard InChI is InChI=1S/C15H19N3O3/c1-4-5-11(16)15-17-14(18-21-15)9-10-6-7-12(19-2)13(8-10)20-3/h4,6-8,11H,1,5,9,16H2,2-3H3. The summed E-state index contributed by atoms with van der Waals surface area (Å²) in [5.74, 6) is 2.35. The molecule has 0 fully saturated rings. The SMILES string of the molecule is C=CCC(N)c1nc(Cc2ccc(OC)c(OC)c2)no1. The fourth-order valence-corrected chi connectivity index (χ4v) is 1.94. The highest BCUT2D eigenvalue weighted by Crippen LogP contribution is 2.28. The normalized spacial score (nSPS) is 12.0. The third-order valence-electron chi connectivity index (χ3n) is 3.03. The number of nitrogens with two attached hydrogens (primary N) is 1. The molecular formula is C15H19N3O3. The average Bonchev–Trinajstić information content (AvgIpc) is 2.96. The van der Waals surface area contributed by atoms with E-state index >= 15 is 0 Å². The lowest BCUT2D eigenvalue weighted by molar-refractivity contribution is 0.351. The van der Waals surface area contributed by atoms with Gasteiger partial charge in [-0.2, -0.15) is 4.98 Å². The fraction of sp³-hybridized carbons (Fsp3) is 0.333. The Balaban J connectivity index is 2.13. The van der Waals surface area contributed by atoms with E-state index in [-0.39, 0.29) is 6.04 Å². The zero-order chi connectivity index (χ0) is 15.2. The van der Waals surface area contributed by atoms with Gasteiger partial charge in [0.2, 0.25) is 5.89 Å². The first-order valence-corrected chi connectivity index (χ1v) is 6.57. The van der Waals surface area contributed by atoms with Crippen molar-refractivity contribution in [3.05, 3.63) is 48.1 Å². The predicted molar refractivity (Wildman–Crippen MR) is 78.4 cm³/mol. The predicted octanol–water partition coefficient (Wildman–Crippen LogP) is 2.25. The Morgan fingerprint density at radius 3 is 2.76 bits per heavy atom. The molecule has 0 aliphatic heterocycles. The zero-order valence-corrected chi connectivity index (χ0v) is 12.2. The van der Waals surface area contributed by atoms with Crippen LogP contribution in [-0.2, 0) is 6.42 Å². The lowest BCUT2D eigenvalue weighted by atomic mass is 10.1. The quantitative estimate of drug-likeness (QED) is 0.787. The first kappa shape index (κ1) is 15.1. The highest BCUT2D eigenvalue weighted by Gasteiger charge is 2.14. The van der Waals surface area contributed by atoms with Crippen molar-refractivity contribution in [3.63, 3.8) is 0 Å². The molecule has 0 saturated carbocycles. The summed E-state index contributed by atoms with van der Waals surface area (Å²) in [5.41, 5.74) is 6.89. The summed E-state index contributed by atoms with van der Waals surface area (Å²) >= 11 is 0. The topological polar surface area (TPSA) is 83.4 Å². The molecule has 1 aromatic carbocycles. The van der Waals surface area contributed by atoms with E-state index in [4.69, 9.17) is 19.7 Å². The van der Waals surface area contributed by atoms with Gasteiger partial charge in [-0.05, 0) is 24.1 Å². The maximum absolute atomic E-state index is 5.89. The van der Waals surface area contributed by atoms with Crippen LogP contribution in [0.4, 0.5) is 0 Å².